The van der Waals surface area contributed by atoms with Crippen LogP contribution in [0.5, 0.6) is 0 Å². The number of aromatic amines is 1. The number of benzene rings is 1. The number of aromatic carboxylic acids is 1. The molecule has 1 fully saturated rings. The maximum atomic E-state index is 14.0. The lowest BCUT2D eigenvalue weighted by molar-refractivity contribution is -0.137. The van der Waals surface area contributed by atoms with Crippen LogP contribution in [0.1, 0.15) is 35.2 Å². The number of ether oxygens (including phenoxy) is 1. The van der Waals surface area contributed by atoms with Gasteiger partial charge in [0.05, 0.1) is 30.0 Å². The second-order valence-corrected chi connectivity index (χ2v) is 13.4. The van der Waals surface area contributed by atoms with E-state index in [1.54, 1.807) is 0 Å². The zero-order valence-electron chi connectivity index (χ0n) is 22.6. The van der Waals surface area contributed by atoms with Gasteiger partial charge in [-0.1, -0.05) is 6.07 Å². The molecule has 0 aliphatic heterocycles. The molecule has 0 bridgehead atoms. The van der Waals surface area contributed by atoms with Crippen molar-refractivity contribution in [2.45, 2.75) is 37.5 Å². The number of carboxylic acids is 1. The smallest absolute Gasteiger partial charge is 0.419 e. The lowest BCUT2D eigenvalue weighted by atomic mass is 10.0. The Kier molecular flexibility index (Phi) is 9.19. The summed E-state index contributed by atoms with van der Waals surface area (Å²) < 4.78 is 60.6. The van der Waals surface area contributed by atoms with Gasteiger partial charge in [0.15, 0.2) is 0 Å². The van der Waals surface area contributed by atoms with Crippen molar-refractivity contribution in [2.24, 2.45) is 0 Å². The zero-order valence-corrected chi connectivity index (χ0v) is 23.5. The van der Waals surface area contributed by atoms with Crippen molar-refractivity contribution in [1.29, 1.82) is 0 Å². The third-order valence-corrected chi connectivity index (χ3v) is 8.43. The van der Waals surface area contributed by atoms with E-state index in [0.29, 0.717) is 25.1 Å². The van der Waals surface area contributed by atoms with E-state index in [9.17, 15) is 27.6 Å². The summed E-state index contributed by atoms with van der Waals surface area (Å²) in [6.45, 7) is 5.55. The molecule has 2 heterocycles. The SMILES string of the molecule is CNCCOCCN[C@H]1CC[C@H](Nc2ncc(C(F)(F)F)c(-c3c[nH]c4c(P(C)(C)=O)c(C(=O)O)ccc34)n2)C1. The van der Waals surface area contributed by atoms with Gasteiger partial charge in [0.25, 0.3) is 0 Å². The fraction of sp³-hybridized carbons (Fsp3) is 0.500. The Morgan fingerprint density at radius 2 is 1.93 bits per heavy atom. The van der Waals surface area contributed by atoms with Gasteiger partial charge in [-0.3, -0.25) is 0 Å². The van der Waals surface area contributed by atoms with Crippen molar-refractivity contribution in [3.8, 4) is 11.3 Å². The lowest BCUT2D eigenvalue weighted by Crippen LogP contribution is -2.31. The summed E-state index contributed by atoms with van der Waals surface area (Å²) in [6, 6.07) is 2.90. The van der Waals surface area contributed by atoms with Gasteiger partial charge in [-0.05, 0) is 45.7 Å². The molecule has 2 aromatic heterocycles. The summed E-state index contributed by atoms with van der Waals surface area (Å²) in [5, 5.41) is 19.6. The molecule has 40 heavy (non-hydrogen) atoms. The molecule has 0 spiro atoms. The molecule has 10 nitrogen and oxygen atoms in total. The van der Waals surface area contributed by atoms with Crippen LogP contribution in [0, 0.1) is 0 Å². The van der Waals surface area contributed by atoms with E-state index < -0.39 is 24.9 Å². The highest BCUT2D eigenvalue weighted by Gasteiger charge is 2.37. The molecule has 0 saturated heterocycles. The number of halogens is 3. The maximum absolute atomic E-state index is 14.0. The minimum absolute atomic E-state index is 0.0222. The number of H-pyrrole nitrogens is 1. The number of hydrogen-bond acceptors (Lipinski definition) is 8. The van der Waals surface area contributed by atoms with Crippen LogP contribution in [0.3, 0.4) is 0 Å². The molecule has 0 amide bonds. The maximum Gasteiger partial charge on any atom is 0.419 e. The summed E-state index contributed by atoms with van der Waals surface area (Å²) in [4.78, 5) is 22.9. The van der Waals surface area contributed by atoms with Gasteiger partial charge in [0.1, 0.15) is 12.7 Å². The van der Waals surface area contributed by atoms with Crippen LogP contribution >= 0.6 is 7.14 Å². The molecular weight excluding hydrogens is 548 g/mol. The molecule has 3 aromatic rings. The average molecular weight is 583 g/mol. The number of hydrogen-bond donors (Lipinski definition) is 5. The second-order valence-electron chi connectivity index (χ2n) is 10.2. The summed E-state index contributed by atoms with van der Waals surface area (Å²) in [5.74, 6) is -1.20. The van der Waals surface area contributed by atoms with Crippen LogP contribution in [0.15, 0.2) is 24.5 Å². The molecule has 1 aliphatic carbocycles. The van der Waals surface area contributed by atoms with Gasteiger partial charge >= 0.3 is 12.1 Å². The van der Waals surface area contributed by atoms with Crippen LogP contribution in [-0.4, -0.2) is 84.8 Å². The van der Waals surface area contributed by atoms with Crippen molar-refractivity contribution in [3.63, 3.8) is 0 Å². The monoisotopic (exact) mass is 582 g/mol. The molecule has 218 valence electrons. The molecule has 1 aromatic carbocycles. The Labute approximate surface area is 229 Å². The highest BCUT2D eigenvalue weighted by molar-refractivity contribution is 7.70. The Hall–Kier alpha value is -2.99. The Bertz CT molecular complexity index is 1410. The number of carbonyl (C=O) groups is 1. The minimum Gasteiger partial charge on any atom is -0.478 e. The molecule has 0 radical (unpaired) electrons. The van der Waals surface area contributed by atoms with Crippen molar-refractivity contribution in [1.82, 2.24) is 25.6 Å². The minimum atomic E-state index is -4.73. The molecular formula is C26H34F3N6O4P. The van der Waals surface area contributed by atoms with Gasteiger partial charge in [0, 0.05) is 53.8 Å². The van der Waals surface area contributed by atoms with Crippen molar-refractivity contribution in [2.75, 3.05) is 52.0 Å². The summed E-state index contributed by atoms with van der Waals surface area (Å²) in [7, 11) is -1.26. The number of carboxylic acid groups (broad SMARTS) is 1. The number of rotatable bonds is 12. The predicted octanol–water partition coefficient (Wildman–Crippen LogP) is 3.75. The van der Waals surface area contributed by atoms with Crippen molar-refractivity contribution >= 4 is 35.3 Å². The normalized spacial score (nSPS) is 17.9. The topological polar surface area (TPSA) is 141 Å². The lowest BCUT2D eigenvalue weighted by Gasteiger charge is -2.17. The van der Waals surface area contributed by atoms with Gasteiger partial charge < -0.3 is 35.3 Å². The fourth-order valence-corrected chi connectivity index (χ4v) is 6.54. The van der Waals surface area contributed by atoms with Crippen LogP contribution in [-0.2, 0) is 15.5 Å². The predicted molar refractivity (Wildman–Crippen MR) is 148 cm³/mol. The molecule has 4 rings (SSSR count). The highest BCUT2D eigenvalue weighted by Crippen LogP contribution is 2.43. The zero-order chi connectivity index (χ0) is 29.1. The third-order valence-electron chi connectivity index (χ3n) is 6.89. The first-order valence-corrected chi connectivity index (χ1v) is 15.6. The van der Waals surface area contributed by atoms with Gasteiger partial charge in [-0.25, -0.2) is 14.8 Å². The quantitative estimate of drug-likeness (QED) is 0.160. The average Bonchev–Trinajstić information content (AvgIpc) is 3.51. The number of nitrogens with one attached hydrogen (secondary N) is 4. The van der Waals surface area contributed by atoms with Gasteiger partial charge in [0.2, 0.25) is 5.95 Å². The van der Waals surface area contributed by atoms with E-state index in [1.807, 2.05) is 7.05 Å². The molecule has 1 saturated carbocycles. The van der Waals surface area contributed by atoms with Gasteiger partial charge in [-0.15, -0.1) is 0 Å². The summed E-state index contributed by atoms with van der Waals surface area (Å²) >= 11 is 0. The fourth-order valence-electron chi connectivity index (χ4n) is 5.07. The van der Waals surface area contributed by atoms with Crippen LogP contribution in [0.4, 0.5) is 19.1 Å². The number of nitrogens with zero attached hydrogens (tertiary/aromatic N) is 2. The van der Waals surface area contributed by atoms with E-state index in [1.165, 1.54) is 31.7 Å². The Balaban J connectivity index is 1.59. The summed E-state index contributed by atoms with van der Waals surface area (Å²) in [6.07, 6.45) is -0.184. The first kappa shape index (κ1) is 30.0. The summed E-state index contributed by atoms with van der Waals surface area (Å²) in [5.41, 5.74) is -1.21. The number of alkyl halides is 3. The Morgan fingerprint density at radius 1 is 1.20 bits per heavy atom. The van der Waals surface area contributed by atoms with Crippen LogP contribution < -0.4 is 21.3 Å². The van der Waals surface area contributed by atoms with Gasteiger partial charge in [-0.2, -0.15) is 13.2 Å². The number of anilines is 1. The molecule has 1 aliphatic rings. The van der Waals surface area contributed by atoms with E-state index in [4.69, 9.17) is 4.74 Å². The number of aromatic nitrogens is 3. The molecule has 5 N–H and O–H groups in total. The Morgan fingerprint density at radius 3 is 2.60 bits per heavy atom. The third kappa shape index (κ3) is 6.83. The number of fused-ring (bicyclic) bond motifs is 1. The van der Waals surface area contributed by atoms with Crippen molar-refractivity contribution in [3.05, 3.63) is 35.7 Å². The molecule has 2 atom stereocenters. The first-order chi connectivity index (χ1) is 18.9. The van der Waals surface area contributed by atoms with E-state index >= 15 is 0 Å². The largest absolute Gasteiger partial charge is 0.478 e. The van der Waals surface area contributed by atoms with E-state index in [0.717, 1.165) is 32.0 Å². The van der Waals surface area contributed by atoms with E-state index in [-0.39, 0.29) is 45.7 Å². The molecule has 14 heteroatoms. The van der Waals surface area contributed by atoms with E-state index in [2.05, 4.69) is 30.9 Å². The number of likely N-dealkylation sites (N-methyl/N-ethyl adjacent to an activating group) is 1. The highest BCUT2D eigenvalue weighted by atomic mass is 31.2. The van der Waals surface area contributed by atoms with Crippen LogP contribution in [0.25, 0.3) is 22.2 Å². The van der Waals surface area contributed by atoms with Crippen LogP contribution in [0.2, 0.25) is 0 Å². The first-order valence-electron chi connectivity index (χ1n) is 13.0. The molecule has 0 unspecified atom stereocenters. The van der Waals surface area contributed by atoms with Crippen molar-refractivity contribution < 1.29 is 32.4 Å². The standard InChI is InChI=1S/C26H34F3N6O4P/c1-30-8-10-39-11-9-31-15-4-5-16(12-15)34-25-33-14-20(26(27,28)29)21(35-25)19-13-32-22-17(19)6-7-18(24(36)37)23(22)40(2,3)38/h6-7,13-16,30-32H,4-5,8-12H2,1-3H3,(H,36,37)(H,33,34,35)/t15-,16-/m0/s1. The second kappa shape index (κ2) is 12.3.